The first-order valence-corrected chi connectivity index (χ1v) is 11.9. The molecule has 1 fully saturated rings. The van der Waals surface area contributed by atoms with Crippen LogP contribution in [0.25, 0.3) is 10.4 Å². The van der Waals surface area contributed by atoms with Gasteiger partial charge in [0, 0.05) is 34.8 Å². The van der Waals surface area contributed by atoms with Crippen molar-refractivity contribution in [2.75, 3.05) is 18.4 Å². The summed E-state index contributed by atoms with van der Waals surface area (Å²) in [6.07, 6.45) is 2.80. The van der Waals surface area contributed by atoms with Gasteiger partial charge in [-0.05, 0) is 48.6 Å². The highest BCUT2D eigenvalue weighted by molar-refractivity contribution is 7.89. The normalized spacial score (nSPS) is 15.2. The molecule has 1 aliphatic heterocycles. The van der Waals surface area contributed by atoms with E-state index in [4.69, 9.17) is 0 Å². The summed E-state index contributed by atoms with van der Waals surface area (Å²) >= 11 is 1.60. The number of rotatable bonds is 5. The van der Waals surface area contributed by atoms with Gasteiger partial charge < -0.3 is 5.32 Å². The molecule has 1 N–H and O–H groups in total. The summed E-state index contributed by atoms with van der Waals surface area (Å²) in [6.45, 7) is 1.07. The number of thiophene rings is 1. The van der Waals surface area contributed by atoms with Gasteiger partial charge in [-0.1, -0.05) is 36.8 Å². The van der Waals surface area contributed by atoms with Crippen LogP contribution in [-0.2, 0) is 10.0 Å². The van der Waals surface area contributed by atoms with Crippen LogP contribution < -0.4 is 5.32 Å². The average molecular weight is 427 g/mol. The SMILES string of the molecule is O=C(Nc1ccccc1-c1cccs1)c1cccc(S(=O)(=O)N2CCCCC2)c1. The lowest BCUT2D eigenvalue weighted by molar-refractivity contribution is 0.102. The molecule has 0 unspecified atom stereocenters. The smallest absolute Gasteiger partial charge is 0.255 e. The lowest BCUT2D eigenvalue weighted by atomic mass is 10.1. The minimum atomic E-state index is -3.58. The molecule has 5 nitrogen and oxygen atoms in total. The highest BCUT2D eigenvalue weighted by atomic mass is 32.2. The van der Waals surface area contributed by atoms with E-state index >= 15 is 0 Å². The van der Waals surface area contributed by atoms with Gasteiger partial charge in [0.2, 0.25) is 10.0 Å². The van der Waals surface area contributed by atoms with Crippen LogP contribution in [-0.4, -0.2) is 31.7 Å². The third-order valence-electron chi connectivity index (χ3n) is 5.01. The Morgan fingerprint density at radius 2 is 1.72 bits per heavy atom. The summed E-state index contributed by atoms with van der Waals surface area (Å²) in [7, 11) is -3.58. The van der Waals surface area contributed by atoms with Crippen LogP contribution in [0.15, 0.2) is 70.9 Å². The molecule has 29 heavy (non-hydrogen) atoms. The molecule has 0 spiro atoms. The number of piperidine rings is 1. The first kappa shape index (κ1) is 19.8. The molecular weight excluding hydrogens is 404 g/mol. The number of amides is 1. The summed E-state index contributed by atoms with van der Waals surface area (Å²) in [5, 5.41) is 4.92. The van der Waals surface area contributed by atoms with Crippen molar-refractivity contribution in [1.82, 2.24) is 4.31 Å². The molecular formula is C22H22N2O3S2. The molecule has 2 aromatic carbocycles. The van der Waals surface area contributed by atoms with Crippen LogP contribution in [0.3, 0.4) is 0 Å². The molecule has 150 valence electrons. The van der Waals surface area contributed by atoms with E-state index in [1.54, 1.807) is 29.5 Å². The zero-order valence-corrected chi connectivity index (χ0v) is 17.5. The number of hydrogen-bond donors (Lipinski definition) is 1. The van der Waals surface area contributed by atoms with Gasteiger partial charge in [0.15, 0.2) is 0 Å². The lowest BCUT2D eigenvalue weighted by Gasteiger charge is -2.26. The van der Waals surface area contributed by atoms with Gasteiger partial charge in [-0.2, -0.15) is 4.31 Å². The second kappa shape index (κ2) is 8.49. The first-order chi connectivity index (χ1) is 14.1. The third-order valence-corrected chi connectivity index (χ3v) is 7.81. The second-order valence-corrected chi connectivity index (χ2v) is 9.86. The minimum absolute atomic E-state index is 0.165. The third kappa shape index (κ3) is 4.27. The van der Waals surface area contributed by atoms with E-state index in [2.05, 4.69) is 5.32 Å². The molecule has 1 amide bonds. The van der Waals surface area contributed by atoms with Gasteiger partial charge in [0.05, 0.1) is 4.90 Å². The fourth-order valence-corrected chi connectivity index (χ4v) is 5.81. The zero-order chi connectivity index (χ0) is 20.3. The molecule has 0 saturated carbocycles. The molecule has 4 rings (SSSR count). The second-order valence-electron chi connectivity index (χ2n) is 6.97. The van der Waals surface area contributed by atoms with Gasteiger partial charge in [0.1, 0.15) is 0 Å². The van der Waals surface area contributed by atoms with Crippen LogP contribution >= 0.6 is 11.3 Å². The maximum atomic E-state index is 12.9. The predicted octanol–water partition coefficient (Wildman–Crippen LogP) is 4.84. The van der Waals surface area contributed by atoms with Gasteiger partial charge in [0.25, 0.3) is 5.91 Å². The maximum absolute atomic E-state index is 12.9. The van der Waals surface area contributed by atoms with Crippen LogP contribution in [0.1, 0.15) is 29.6 Å². The largest absolute Gasteiger partial charge is 0.321 e. The van der Waals surface area contributed by atoms with E-state index in [-0.39, 0.29) is 10.8 Å². The molecule has 0 atom stereocenters. The van der Waals surface area contributed by atoms with Crippen molar-refractivity contribution >= 4 is 33.0 Å². The standard InChI is InChI=1S/C22H22N2O3S2/c25-22(23-20-11-3-2-10-19(20)21-12-7-15-28-21)17-8-6-9-18(16-17)29(26,27)24-13-4-1-5-14-24/h2-3,6-12,15-16H,1,4-5,13-14H2,(H,23,25). The lowest BCUT2D eigenvalue weighted by Crippen LogP contribution is -2.35. The van der Waals surface area contributed by atoms with Gasteiger partial charge >= 0.3 is 0 Å². The summed E-state index contributed by atoms with van der Waals surface area (Å²) < 4.78 is 27.4. The van der Waals surface area contributed by atoms with Crippen molar-refractivity contribution in [3.8, 4) is 10.4 Å². The van der Waals surface area contributed by atoms with E-state index in [0.29, 0.717) is 24.3 Å². The number of nitrogens with zero attached hydrogens (tertiary/aromatic N) is 1. The van der Waals surface area contributed by atoms with Gasteiger partial charge in [-0.25, -0.2) is 8.42 Å². The van der Waals surface area contributed by atoms with Gasteiger partial charge in [-0.15, -0.1) is 11.3 Å². The minimum Gasteiger partial charge on any atom is -0.321 e. The van der Waals surface area contributed by atoms with E-state index in [9.17, 15) is 13.2 Å². The van der Waals surface area contributed by atoms with Crippen molar-refractivity contribution in [1.29, 1.82) is 0 Å². The number of hydrogen-bond acceptors (Lipinski definition) is 4. The van der Waals surface area contributed by atoms with E-state index in [0.717, 1.165) is 29.7 Å². The Morgan fingerprint density at radius 3 is 2.48 bits per heavy atom. The first-order valence-electron chi connectivity index (χ1n) is 9.60. The summed E-state index contributed by atoms with van der Waals surface area (Å²) in [5.41, 5.74) is 1.96. The molecule has 0 bridgehead atoms. The fourth-order valence-electron chi connectivity index (χ4n) is 3.49. The van der Waals surface area contributed by atoms with E-state index in [1.807, 2.05) is 41.8 Å². The summed E-state index contributed by atoms with van der Waals surface area (Å²) in [5.74, 6) is -0.329. The highest BCUT2D eigenvalue weighted by Gasteiger charge is 2.26. The highest BCUT2D eigenvalue weighted by Crippen LogP contribution is 2.31. The molecule has 3 aromatic rings. The van der Waals surface area contributed by atoms with Crippen molar-refractivity contribution < 1.29 is 13.2 Å². The molecule has 0 radical (unpaired) electrons. The Balaban J connectivity index is 1.59. The van der Waals surface area contributed by atoms with E-state index in [1.165, 1.54) is 10.4 Å². The Kier molecular flexibility index (Phi) is 5.80. The van der Waals surface area contributed by atoms with Crippen molar-refractivity contribution in [3.63, 3.8) is 0 Å². The number of anilines is 1. The van der Waals surface area contributed by atoms with Crippen LogP contribution in [0, 0.1) is 0 Å². The monoisotopic (exact) mass is 426 g/mol. The molecule has 1 aliphatic rings. The Hall–Kier alpha value is -2.48. The van der Waals surface area contributed by atoms with Crippen molar-refractivity contribution in [2.24, 2.45) is 0 Å². The summed E-state index contributed by atoms with van der Waals surface area (Å²) in [4.78, 5) is 14.1. The van der Waals surface area contributed by atoms with Crippen LogP contribution in [0.4, 0.5) is 5.69 Å². The van der Waals surface area contributed by atoms with Crippen LogP contribution in [0.2, 0.25) is 0 Å². The molecule has 2 heterocycles. The molecule has 7 heteroatoms. The Bertz CT molecular complexity index is 1100. The van der Waals surface area contributed by atoms with E-state index < -0.39 is 10.0 Å². The number of nitrogens with one attached hydrogen (secondary N) is 1. The average Bonchev–Trinajstić information content (AvgIpc) is 3.29. The number of carbonyl (C=O) groups excluding carboxylic acids is 1. The van der Waals surface area contributed by atoms with Crippen LogP contribution in [0.5, 0.6) is 0 Å². The van der Waals surface area contributed by atoms with Gasteiger partial charge in [-0.3, -0.25) is 4.79 Å². The Labute approximate surface area is 175 Å². The summed E-state index contributed by atoms with van der Waals surface area (Å²) in [6, 6.07) is 17.8. The number of benzene rings is 2. The predicted molar refractivity (Wildman–Crippen MR) is 117 cm³/mol. The Morgan fingerprint density at radius 1 is 0.931 bits per heavy atom. The fraction of sp³-hybridized carbons (Fsp3) is 0.227. The molecule has 0 aliphatic carbocycles. The number of para-hydroxylation sites is 1. The maximum Gasteiger partial charge on any atom is 0.255 e. The van der Waals surface area contributed by atoms with Crippen molar-refractivity contribution in [2.45, 2.75) is 24.2 Å². The molecule has 1 aromatic heterocycles. The topological polar surface area (TPSA) is 66.5 Å². The number of carbonyl (C=O) groups is 1. The number of sulfonamides is 1. The molecule has 1 saturated heterocycles. The zero-order valence-electron chi connectivity index (χ0n) is 15.9. The van der Waals surface area contributed by atoms with Crippen molar-refractivity contribution in [3.05, 3.63) is 71.6 Å². The quantitative estimate of drug-likeness (QED) is 0.635.